The van der Waals surface area contributed by atoms with Crippen LogP contribution in [0.3, 0.4) is 0 Å². The summed E-state index contributed by atoms with van der Waals surface area (Å²) in [4.78, 5) is 25.9. The Labute approximate surface area is 123 Å². The van der Waals surface area contributed by atoms with Gasteiger partial charge in [0, 0.05) is 11.3 Å². The Morgan fingerprint density at radius 3 is 2.41 bits per heavy atom. The van der Waals surface area contributed by atoms with Crippen LogP contribution in [-0.4, -0.2) is 26.8 Å². The van der Waals surface area contributed by atoms with Gasteiger partial charge >= 0.3 is 5.97 Å². The van der Waals surface area contributed by atoms with Crippen LogP contribution in [0.5, 0.6) is 0 Å². The lowest BCUT2D eigenvalue weighted by Crippen LogP contribution is -2.25. The first-order chi connectivity index (χ1) is 10.5. The summed E-state index contributed by atoms with van der Waals surface area (Å²) in [7, 11) is 0. The highest BCUT2D eigenvalue weighted by Gasteiger charge is 2.17. The maximum Gasteiger partial charge on any atom is 0.355 e. The van der Waals surface area contributed by atoms with Gasteiger partial charge in [0.15, 0.2) is 5.69 Å². The first-order valence-corrected chi connectivity index (χ1v) is 6.23. The van der Waals surface area contributed by atoms with Crippen LogP contribution in [0.15, 0.2) is 42.5 Å². The van der Waals surface area contributed by atoms with Crippen molar-refractivity contribution in [3.05, 3.63) is 58.9 Å². The van der Waals surface area contributed by atoms with Crippen LogP contribution in [0.2, 0.25) is 0 Å². The highest BCUT2D eigenvalue weighted by atomic mass is 16.5. The van der Waals surface area contributed by atoms with Crippen molar-refractivity contribution in [2.45, 2.75) is 0 Å². The molecule has 0 fully saturated rings. The molecule has 1 N–H and O–H groups in total. The zero-order valence-electron chi connectivity index (χ0n) is 11.0. The largest absolute Gasteiger partial charge is 0.805 e. The molecule has 0 unspecified atom stereocenters. The quantitative estimate of drug-likeness (QED) is 0.773. The summed E-state index contributed by atoms with van der Waals surface area (Å²) in [6, 6.07) is 11.1. The topological polar surface area (TPSA) is 118 Å². The summed E-state index contributed by atoms with van der Waals surface area (Å²) in [5, 5.41) is 32.4. The van der Waals surface area contributed by atoms with E-state index >= 15 is 0 Å². The zero-order chi connectivity index (χ0) is 15.9. The number of fused-ring (bicyclic) bond motifs is 1. The highest BCUT2D eigenvalue weighted by Crippen LogP contribution is 2.27. The van der Waals surface area contributed by atoms with Crippen LogP contribution in [-0.2, 0) is 0 Å². The van der Waals surface area contributed by atoms with Crippen LogP contribution in [0, 0.1) is 5.21 Å². The molecule has 2 aromatic heterocycles. The molecule has 0 radical (unpaired) electrons. The van der Waals surface area contributed by atoms with Crippen molar-refractivity contribution in [3.8, 4) is 11.3 Å². The van der Waals surface area contributed by atoms with E-state index in [9.17, 15) is 19.9 Å². The first-order valence-electron chi connectivity index (χ1n) is 6.23. The maximum atomic E-state index is 12.3. The third-order valence-corrected chi connectivity index (χ3v) is 3.23. The summed E-state index contributed by atoms with van der Waals surface area (Å²) in [5.74, 6) is -3.20. The molecule has 7 nitrogen and oxygen atoms in total. The second-order valence-electron chi connectivity index (χ2n) is 4.57. The molecule has 22 heavy (non-hydrogen) atoms. The number of hydrogen-bond donors (Lipinski definition) is 1. The molecular formula is C15H8N2O5-2. The normalized spacial score (nSPS) is 10.7. The minimum absolute atomic E-state index is 0.0250. The van der Waals surface area contributed by atoms with Gasteiger partial charge in [-0.15, -0.1) is 0 Å². The van der Waals surface area contributed by atoms with Crippen molar-refractivity contribution in [1.29, 1.82) is 0 Å². The number of carbonyl (C=O) groups is 2. The number of pyridine rings is 1. The van der Waals surface area contributed by atoms with E-state index in [0.29, 0.717) is 10.3 Å². The monoisotopic (exact) mass is 296 g/mol. The fourth-order valence-corrected chi connectivity index (χ4v) is 2.23. The molecule has 0 saturated carbocycles. The zero-order valence-corrected chi connectivity index (χ0v) is 11.0. The van der Waals surface area contributed by atoms with E-state index in [1.54, 1.807) is 30.3 Å². The summed E-state index contributed by atoms with van der Waals surface area (Å²) in [6.45, 7) is 0. The molecule has 2 heterocycles. The Morgan fingerprint density at radius 2 is 1.82 bits per heavy atom. The number of nitrogens with zero attached hydrogens (tertiary/aromatic N) is 2. The van der Waals surface area contributed by atoms with Crippen LogP contribution < -0.4 is 5.11 Å². The Bertz CT molecular complexity index is 899. The second-order valence-corrected chi connectivity index (χ2v) is 4.57. The molecule has 0 saturated heterocycles. The molecule has 0 bridgehead atoms. The van der Waals surface area contributed by atoms with Gasteiger partial charge < -0.3 is 24.9 Å². The molecule has 110 valence electrons. The number of hydrogen-bond acceptors (Lipinski definition) is 5. The molecule has 0 amide bonds. The average molecular weight is 296 g/mol. The summed E-state index contributed by atoms with van der Waals surface area (Å²) < 4.78 is 0.524. The third kappa shape index (κ3) is 2.05. The van der Waals surface area contributed by atoms with E-state index in [2.05, 4.69) is 4.98 Å². The van der Waals surface area contributed by atoms with Gasteiger partial charge in [0.1, 0.15) is 0 Å². The number of rotatable bonds is 3. The SMILES string of the molecule is O=C([O-])c1cc2c(cc(-c3ccccc3)n2[O-])nc1C(=O)O. The van der Waals surface area contributed by atoms with Gasteiger partial charge in [0.2, 0.25) is 0 Å². The Balaban J connectivity index is 2.31. The number of benzene rings is 1. The minimum atomic E-state index is -1.70. The molecule has 0 atom stereocenters. The van der Waals surface area contributed by atoms with Crippen molar-refractivity contribution < 1.29 is 19.8 Å². The van der Waals surface area contributed by atoms with Crippen molar-refractivity contribution in [3.63, 3.8) is 0 Å². The van der Waals surface area contributed by atoms with E-state index in [0.717, 1.165) is 6.07 Å². The Kier molecular flexibility index (Phi) is 3.03. The summed E-state index contributed by atoms with van der Waals surface area (Å²) in [5.41, 5.74) is -0.329. The lowest BCUT2D eigenvalue weighted by Gasteiger charge is -2.15. The maximum absolute atomic E-state index is 12.3. The molecule has 3 aromatic rings. The number of carboxylic acid groups (broad SMARTS) is 2. The van der Waals surface area contributed by atoms with E-state index in [-0.39, 0.29) is 16.7 Å². The van der Waals surface area contributed by atoms with E-state index in [1.165, 1.54) is 6.07 Å². The summed E-state index contributed by atoms with van der Waals surface area (Å²) >= 11 is 0. The van der Waals surface area contributed by atoms with E-state index in [4.69, 9.17) is 5.11 Å². The van der Waals surface area contributed by atoms with Crippen LogP contribution >= 0.6 is 0 Å². The molecule has 1 aromatic carbocycles. The van der Waals surface area contributed by atoms with E-state index in [1.807, 2.05) is 0 Å². The second kappa shape index (κ2) is 4.88. The Morgan fingerprint density at radius 1 is 1.14 bits per heavy atom. The lowest BCUT2D eigenvalue weighted by molar-refractivity contribution is -0.255. The van der Waals surface area contributed by atoms with Gasteiger partial charge in [-0.3, -0.25) is 0 Å². The van der Waals surface area contributed by atoms with Crippen molar-refractivity contribution in [2.24, 2.45) is 0 Å². The first kappa shape index (κ1) is 13.6. The molecule has 0 aliphatic rings. The highest BCUT2D eigenvalue weighted by molar-refractivity contribution is 6.03. The van der Waals surface area contributed by atoms with Gasteiger partial charge in [0.05, 0.1) is 17.0 Å². The Hall–Kier alpha value is -3.35. The van der Waals surface area contributed by atoms with Gasteiger partial charge in [-0.2, -0.15) is 0 Å². The standard InChI is InChI=1S/C15H9N2O5/c18-14(19)9-6-12-10(16-13(9)15(20)21)7-11(17(12)22)8-4-2-1-3-5-8/h1-7H,(H,18,19)(H,20,21)/q-1/p-1. The molecule has 0 aliphatic carbocycles. The molecule has 0 spiro atoms. The average Bonchev–Trinajstić information content (AvgIpc) is 2.83. The number of aromatic nitrogens is 2. The number of carbonyl (C=O) groups excluding carboxylic acids is 1. The third-order valence-electron chi connectivity index (χ3n) is 3.23. The molecule has 0 aliphatic heterocycles. The lowest BCUT2D eigenvalue weighted by atomic mass is 10.1. The van der Waals surface area contributed by atoms with Gasteiger partial charge in [-0.1, -0.05) is 30.3 Å². The van der Waals surface area contributed by atoms with Gasteiger partial charge in [0.25, 0.3) is 0 Å². The van der Waals surface area contributed by atoms with Crippen molar-refractivity contribution >= 4 is 23.0 Å². The summed E-state index contributed by atoms with van der Waals surface area (Å²) in [6.07, 6.45) is 0. The van der Waals surface area contributed by atoms with Crippen LogP contribution in [0.1, 0.15) is 20.8 Å². The van der Waals surface area contributed by atoms with Gasteiger partial charge in [-0.25, -0.2) is 9.78 Å². The van der Waals surface area contributed by atoms with Crippen LogP contribution in [0.4, 0.5) is 0 Å². The minimum Gasteiger partial charge on any atom is -0.805 e. The van der Waals surface area contributed by atoms with Crippen LogP contribution in [0.25, 0.3) is 22.3 Å². The number of carboxylic acids is 2. The molecular weight excluding hydrogens is 288 g/mol. The fraction of sp³-hybridized carbons (Fsp3) is 0. The predicted molar refractivity (Wildman–Crippen MR) is 75.2 cm³/mol. The fourth-order valence-electron chi connectivity index (χ4n) is 2.23. The predicted octanol–water partition coefficient (Wildman–Crippen LogP) is 1.11. The van der Waals surface area contributed by atoms with E-state index < -0.39 is 23.2 Å². The molecule has 3 rings (SSSR count). The number of aromatic carboxylic acids is 2. The molecule has 7 heteroatoms. The van der Waals surface area contributed by atoms with Crippen molar-refractivity contribution in [2.75, 3.05) is 0 Å². The van der Waals surface area contributed by atoms with Crippen molar-refractivity contribution in [1.82, 2.24) is 9.71 Å². The smallest absolute Gasteiger partial charge is 0.355 e. The van der Waals surface area contributed by atoms with Gasteiger partial charge in [-0.05, 0) is 17.7 Å².